The van der Waals surface area contributed by atoms with Gasteiger partial charge in [0.15, 0.2) is 0 Å². The molecule has 0 atom stereocenters. The van der Waals surface area contributed by atoms with Crippen molar-refractivity contribution < 1.29 is 9.53 Å². The maximum absolute atomic E-state index is 12.5. The van der Waals surface area contributed by atoms with Crippen molar-refractivity contribution in [2.24, 2.45) is 0 Å². The monoisotopic (exact) mass is 341 g/mol. The maximum atomic E-state index is 12.5. The van der Waals surface area contributed by atoms with Crippen LogP contribution in [0.2, 0.25) is 0 Å². The molecule has 2 aromatic heterocycles. The average molecular weight is 341 g/mol. The van der Waals surface area contributed by atoms with Gasteiger partial charge in [-0.25, -0.2) is 4.98 Å². The van der Waals surface area contributed by atoms with Gasteiger partial charge in [-0.1, -0.05) is 23.5 Å². The summed E-state index contributed by atoms with van der Waals surface area (Å²) >= 11 is 1.31. The van der Waals surface area contributed by atoms with Crippen LogP contribution in [0.3, 0.4) is 0 Å². The first-order chi connectivity index (χ1) is 11.7. The van der Waals surface area contributed by atoms with E-state index in [0.717, 1.165) is 10.7 Å². The predicted octanol–water partition coefficient (Wildman–Crippen LogP) is 3.25. The topological polar surface area (TPSA) is 89.0 Å². The Balaban J connectivity index is 1.86. The van der Waals surface area contributed by atoms with Crippen LogP contribution >= 0.6 is 11.3 Å². The number of nitrogens with zero attached hydrogens (tertiary/aromatic N) is 3. The Morgan fingerprint density at radius 1 is 1.17 bits per heavy atom. The fourth-order valence-corrected chi connectivity index (χ4v) is 2.66. The average Bonchev–Trinajstić information content (AvgIpc) is 3.00. The second-order valence-electron chi connectivity index (χ2n) is 4.81. The summed E-state index contributed by atoms with van der Waals surface area (Å²) in [5.41, 5.74) is 1.12. The van der Waals surface area contributed by atoms with Crippen LogP contribution in [0.5, 0.6) is 5.75 Å². The molecule has 0 radical (unpaired) electrons. The van der Waals surface area contributed by atoms with Crippen LogP contribution in [0.25, 0.3) is 0 Å². The summed E-state index contributed by atoms with van der Waals surface area (Å²) in [5, 5.41) is 14.9. The summed E-state index contributed by atoms with van der Waals surface area (Å²) in [6.45, 7) is 1.83. The van der Waals surface area contributed by atoms with Crippen molar-refractivity contribution in [2.45, 2.75) is 6.92 Å². The van der Waals surface area contributed by atoms with Gasteiger partial charge in [0.25, 0.3) is 5.91 Å². The molecule has 0 saturated heterocycles. The number of nitrogens with one attached hydrogen (secondary N) is 2. The highest BCUT2D eigenvalue weighted by Gasteiger charge is 2.15. The summed E-state index contributed by atoms with van der Waals surface area (Å²) in [7, 11) is 1.59. The number of benzene rings is 1. The normalized spacial score (nSPS) is 10.2. The van der Waals surface area contributed by atoms with E-state index < -0.39 is 0 Å². The van der Waals surface area contributed by atoms with Crippen molar-refractivity contribution in [2.75, 3.05) is 17.7 Å². The van der Waals surface area contributed by atoms with Crippen molar-refractivity contribution in [3.8, 4) is 5.75 Å². The molecule has 0 aliphatic heterocycles. The third-order valence-electron chi connectivity index (χ3n) is 3.16. The van der Waals surface area contributed by atoms with Crippen LogP contribution in [0.15, 0.2) is 42.6 Å². The van der Waals surface area contributed by atoms with Gasteiger partial charge in [-0.15, -0.1) is 10.2 Å². The number of aryl methyl sites for hydroxylation is 1. The molecule has 3 aromatic rings. The number of anilines is 3. The number of para-hydroxylation sites is 2. The molecule has 0 spiro atoms. The highest BCUT2D eigenvalue weighted by atomic mass is 32.1. The molecule has 3 rings (SSSR count). The first kappa shape index (κ1) is 15.9. The molecule has 7 nitrogen and oxygen atoms in total. The molecule has 1 amide bonds. The zero-order valence-electron chi connectivity index (χ0n) is 13.1. The van der Waals surface area contributed by atoms with E-state index in [0.29, 0.717) is 22.3 Å². The van der Waals surface area contributed by atoms with E-state index in [1.54, 1.807) is 25.4 Å². The summed E-state index contributed by atoms with van der Waals surface area (Å²) in [6, 6.07) is 10.8. The number of ether oxygens (including phenoxy) is 1. The number of methoxy groups -OCH3 is 1. The van der Waals surface area contributed by atoms with Gasteiger partial charge >= 0.3 is 0 Å². The van der Waals surface area contributed by atoms with E-state index in [-0.39, 0.29) is 5.91 Å². The first-order valence-corrected chi connectivity index (χ1v) is 7.95. The summed E-state index contributed by atoms with van der Waals surface area (Å²) in [4.78, 5) is 16.8. The third-order valence-corrected chi connectivity index (χ3v) is 3.91. The largest absolute Gasteiger partial charge is 0.495 e. The standard InChI is InChI=1S/C16H15N5O2S/c1-10-20-21-16(24-10)19-15(22)11-6-5-9-17-14(11)18-12-7-3-4-8-13(12)23-2/h3-9H,1-2H3,(H,17,18)(H,19,21,22). The maximum Gasteiger partial charge on any atom is 0.261 e. The Bertz CT molecular complexity index is 865. The lowest BCUT2D eigenvalue weighted by molar-refractivity contribution is 0.102. The van der Waals surface area contributed by atoms with Crippen molar-refractivity contribution in [1.82, 2.24) is 15.2 Å². The highest BCUT2D eigenvalue weighted by Crippen LogP contribution is 2.28. The van der Waals surface area contributed by atoms with Crippen LogP contribution in [-0.4, -0.2) is 28.2 Å². The Morgan fingerprint density at radius 3 is 2.75 bits per heavy atom. The molecule has 0 unspecified atom stereocenters. The van der Waals surface area contributed by atoms with E-state index in [9.17, 15) is 4.79 Å². The molecule has 0 aliphatic carbocycles. The van der Waals surface area contributed by atoms with Gasteiger partial charge in [0.2, 0.25) is 5.13 Å². The Kier molecular flexibility index (Phi) is 4.66. The van der Waals surface area contributed by atoms with Gasteiger partial charge in [0.05, 0.1) is 18.4 Å². The van der Waals surface area contributed by atoms with Gasteiger partial charge in [0, 0.05) is 6.20 Å². The first-order valence-electron chi connectivity index (χ1n) is 7.14. The Hall–Kier alpha value is -3.00. The molecule has 2 N–H and O–H groups in total. The highest BCUT2D eigenvalue weighted by molar-refractivity contribution is 7.15. The molecule has 24 heavy (non-hydrogen) atoms. The van der Waals surface area contributed by atoms with E-state index in [2.05, 4.69) is 25.8 Å². The lowest BCUT2D eigenvalue weighted by Crippen LogP contribution is -2.14. The minimum Gasteiger partial charge on any atom is -0.495 e. The summed E-state index contributed by atoms with van der Waals surface area (Å²) in [5.74, 6) is 0.784. The van der Waals surface area contributed by atoms with Crippen LogP contribution < -0.4 is 15.4 Å². The number of carbonyl (C=O) groups is 1. The van der Waals surface area contributed by atoms with Gasteiger partial charge in [-0.3, -0.25) is 10.1 Å². The molecule has 8 heteroatoms. The number of hydrogen-bond donors (Lipinski definition) is 2. The van der Waals surface area contributed by atoms with Gasteiger partial charge < -0.3 is 10.1 Å². The molecule has 0 aliphatic rings. The second-order valence-corrected chi connectivity index (χ2v) is 5.99. The van der Waals surface area contributed by atoms with Gasteiger partial charge in [-0.2, -0.15) is 0 Å². The van der Waals surface area contributed by atoms with Crippen molar-refractivity contribution in [1.29, 1.82) is 0 Å². The van der Waals surface area contributed by atoms with Crippen LogP contribution in [-0.2, 0) is 0 Å². The second kappa shape index (κ2) is 7.05. The molecule has 0 saturated carbocycles. The summed E-state index contributed by atoms with van der Waals surface area (Å²) < 4.78 is 5.31. The van der Waals surface area contributed by atoms with E-state index >= 15 is 0 Å². The quantitative estimate of drug-likeness (QED) is 0.740. The number of hydrogen-bond acceptors (Lipinski definition) is 7. The predicted molar refractivity (Wildman–Crippen MR) is 93.1 cm³/mol. The molecular weight excluding hydrogens is 326 g/mol. The lowest BCUT2D eigenvalue weighted by Gasteiger charge is -2.12. The van der Waals surface area contributed by atoms with Crippen molar-refractivity contribution in [3.63, 3.8) is 0 Å². The SMILES string of the molecule is COc1ccccc1Nc1ncccc1C(=O)Nc1nnc(C)s1. The fraction of sp³-hybridized carbons (Fsp3) is 0.125. The van der Waals surface area contributed by atoms with Crippen LogP contribution in [0.1, 0.15) is 15.4 Å². The summed E-state index contributed by atoms with van der Waals surface area (Å²) in [6.07, 6.45) is 1.61. The molecule has 2 heterocycles. The fourth-order valence-electron chi connectivity index (χ4n) is 2.08. The Morgan fingerprint density at radius 2 is 2.00 bits per heavy atom. The zero-order chi connectivity index (χ0) is 16.9. The third kappa shape index (κ3) is 3.49. The molecular formula is C16H15N5O2S. The molecule has 122 valence electrons. The Labute approximate surface area is 142 Å². The van der Waals surface area contributed by atoms with Crippen LogP contribution in [0.4, 0.5) is 16.6 Å². The minimum absolute atomic E-state index is 0.309. The molecule has 0 bridgehead atoms. The lowest BCUT2D eigenvalue weighted by atomic mass is 10.2. The number of carbonyl (C=O) groups excluding carboxylic acids is 1. The van der Waals surface area contributed by atoms with Crippen molar-refractivity contribution >= 4 is 33.9 Å². The van der Waals surface area contributed by atoms with Gasteiger partial charge in [-0.05, 0) is 31.2 Å². The zero-order valence-corrected chi connectivity index (χ0v) is 13.9. The number of amides is 1. The van der Waals surface area contributed by atoms with E-state index in [1.165, 1.54) is 11.3 Å². The molecule has 1 aromatic carbocycles. The smallest absolute Gasteiger partial charge is 0.261 e. The van der Waals surface area contributed by atoms with Crippen molar-refractivity contribution in [3.05, 3.63) is 53.2 Å². The number of pyridine rings is 1. The minimum atomic E-state index is -0.309. The van der Waals surface area contributed by atoms with E-state index in [4.69, 9.17) is 4.74 Å². The number of rotatable bonds is 5. The molecule has 0 fully saturated rings. The van der Waals surface area contributed by atoms with Gasteiger partial charge in [0.1, 0.15) is 16.6 Å². The van der Waals surface area contributed by atoms with Crippen LogP contribution in [0, 0.1) is 6.92 Å². The van der Waals surface area contributed by atoms with E-state index in [1.807, 2.05) is 31.2 Å². The number of aromatic nitrogens is 3.